The predicted octanol–water partition coefficient (Wildman–Crippen LogP) is 2.53. The second kappa shape index (κ2) is 7.16. The first-order valence-corrected chi connectivity index (χ1v) is 8.84. The van der Waals surface area contributed by atoms with Gasteiger partial charge >= 0.3 is 0 Å². The zero-order valence-corrected chi connectivity index (χ0v) is 13.7. The summed E-state index contributed by atoms with van der Waals surface area (Å²) in [6.45, 7) is 2.23. The van der Waals surface area contributed by atoms with Crippen molar-refractivity contribution in [3.8, 4) is 0 Å². The number of carbonyl (C=O) groups excluding carboxylic acids is 2. The van der Waals surface area contributed by atoms with E-state index in [1.807, 2.05) is 23.1 Å². The molecular formula is C19H26N2O2. The molecule has 1 saturated carbocycles. The zero-order valence-electron chi connectivity index (χ0n) is 13.7. The molecular weight excluding hydrogens is 288 g/mol. The monoisotopic (exact) mass is 314 g/mol. The van der Waals surface area contributed by atoms with Crippen molar-refractivity contribution in [2.45, 2.75) is 44.9 Å². The third kappa shape index (κ3) is 3.74. The Kier molecular flexibility index (Phi) is 4.99. The maximum Gasteiger partial charge on any atom is 0.238 e. The van der Waals surface area contributed by atoms with Crippen LogP contribution in [0.4, 0.5) is 0 Å². The Morgan fingerprint density at radius 2 is 1.65 bits per heavy atom. The number of hydrogen-bond donors (Lipinski definition) is 1. The number of nitrogens with one attached hydrogen (secondary N) is 1. The van der Waals surface area contributed by atoms with Crippen LogP contribution in [0.5, 0.6) is 0 Å². The van der Waals surface area contributed by atoms with Gasteiger partial charge in [0.1, 0.15) is 5.41 Å². The number of nitrogens with zero attached hydrogens (tertiary/aromatic N) is 1. The van der Waals surface area contributed by atoms with E-state index in [9.17, 15) is 9.59 Å². The second-order valence-corrected chi connectivity index (χ2v) is 6.78. The van der Waals surface area contributed by atoms with Crippen LogP contribution in [0.25, 0.3) is 0 Å². The highest BCUT2D eigenvalue weighted by atomic mass is 16.2. The lowest BCUT2D eigenvalue weighted by Gasteiger charge is -2.25. The summed E-state index contributed by atoms with van der Waals surface area (Å²) in [6.07, 6.45) is 6.74. The molecule has 0 spiro atoms. The standard InChI is InChI=1S/C19H26N2O2/c22-17(20-13-10-16-8-4-3-5-9-16)19(11-12-19)18(23)21-14-6-1-2-7-15-21/h3-5,8-9H,1-2,6-7,10-15H2,(H,20,22). The van der Waals surface area contributed by atoms with Crippen molar-refractivity contribution in [2.24, 2.45) is 5.41 Å². The zero-order chi connectivity index (χ0) is 16.1. The van der Waals surface area contributed by atoms with E-state index in [1.54, 1.807) is 0 Å². The average Bonchev–Trinajstić information content (AvgIpc) is 3.40. The van der Waals surface area contributed by atoms with E-state index in [2.05, 4.69) is 17.4 Å². The van der Waals surface area contributed by atoms with Crippen molar-refractivity contribution in [3.63, 3.8) is 0 Å². The van der Waals surface area contributed by atoms with Gasteiger partial charge in [-0.05, 0) is 37.7 Å². The molecule has 4 heteroatoms. The predicted molar refractivity (Wildman–Crippen MR) is 89.9 cm³/mol. The Morgan fingerprint density at radius 3 is 2.26 bits per heavy atom. The lowest BCUT2D eigenvalue weighted by atomic mass is 10.0. The van der Waals surface area contributed by atoms with Gasteiger partial charge < -0.3 is 10.2 Å². The second-order valence-electron chi connectivity index (χ2n) is 6.78. The van der Waals surface area contributed by atoms with Gasteiger partial charge in [-0.3, -0.25) is 9.59 Å². The van der Waals surface area contributed by atoms with Crippen LogP contribution in [0, 0.1) is 5.41 Å². The summed E-state index contributed by atoms with van der Waals surface area (Å²) in [7, 11) is 0. The molecule has 2 aliphatic rings. The molecule has 1 aliphatic carbocycles. The van der Waals surface area contributed by atoms with Crippen molar-refractivity contribution in [1.82, 2.24) is 10.2 Å². The molecule has 0 aromatic heterocycles. The van der Waals surface area contributed by atoms with Crippen LogP contribution < -0.4 is 5.32 Å². The van der Waals surface area contributed by atoms with Crippen LogP contribution in [-0.2, 0) is 16.0 Å². The first kappa shape index (κ1) is 16.0. The van der Waals surface area contributed by atoms with E-state index in [0.29, 0.717) is 19.4 Å². The fourth-order valence-corrected chi connectivity index (χ4v) is 3.37. The maximum absolute atomic E-state index is 12.8. The van der Waals surface area contributed by atoms with E-state index in [0.717, 1.165) is 32.4 Å². The first-order valence-electron chi connectivity index (χ1n) is 8.84. The maximum atomic E-state index is 12.8. The normalized spacial score (nSPS) is 19.7. The highest BCUT2D eigenvalue weighted by molar-refractivity contribution is 6.07. The van der Waals surface area contributed by atoms with Crippen LogP contribution in [0.1, 0.15) is 44.1 Å². The summed E-state index contributed by atoms with van der Waals surface area (Å²) >= 11 is 0. The van der Waals surface area contributed by atoms with Gasteiger partial charge in [0.05, 0.1) is 0 Å². The number of likely N-dealkylation sites (tertiary alicyclic amines) is 1. The number of hydrogen-bond acceptors (Lipinski definition) is 2. The number of carbonyl (C=O) groups is 2. The third-order valence-electron chi connectivity index (χ3n) is 5.03. The Balaban J connectivity index is 1.52. The van der Waals surface area contributed by atoms with E-state index < -0.39 is 5.41 Å². The molecule has 1 aromatic carbocycles. The molecule has 1 aliphatic heterocycles. The Bertz CT molecular complexity index is 544. The van der Waals surface area contributed by atoms with Crippen molar-refractivity contribution in [2.75, 3.05) is 19.6 Å². The summed E-state index contributed by atoms with van der Waals surface area (Å²) in [6, 6.07) is 10.1. The van der Waals surface area contributed by atoms with E-state index in [4.69, 9.17) is 0 Å². The SMILES string of the molecule is O=C(NCCc1ccccc1)C1(C(=O)N2CCCCCC2)CC1. The molecule has 124 valence electrons. The molecule has 0 radical (unpaired) electrons. The Morgan fingerprint density at radius 1 is 1.00 bits per heavy atom. The van der Waals surface area contributed by atoms with Crippen molar-refractivity contribution >= 4 is 11.8 Å². The fourth-order valence-electron chi connectivity index (χ4n) is 3.37. The molecule has 1 heterocycles. The number of rotatable bonds is 5. The lowest BCUT2D eigenvalue weighted by molar-refractivity contribution is -0.144. The molecule has 0 bridgehead atoms. The van der Waals surface area contributed by atoms with Gasteiger partial charge in [0.2, 0.25) is 11.8 Å². The van der Waals surface area contributed by atoms with Gasteiger partial charge in [0.25, 0.3) is 0 Å². The highest BCUT2D eigenvalue weighted by Gasteiger charge is 2.57. The first-order chi connectivity index (χ1) is 11.2. The minimum atomic E-state index is -0.749. The van der Waals surface area contributed by atoms with Gasteiger partial charge in [-0.1, -0.05) is 43.2 Å². The smallest absolute Gasteiger partial charge is 0.238 e. The quantitative estimate of drug-likeness (QED) is 0.849. The van der Waals surface area contributed by atoms with Gasteiger partial charge in [-0.2, -0.15) is 0 Å². The fraction of sp³-hybridized carbons (Fsp3) is 0.579. The molecule has 0 atom stereocenters. The van der Waals surface area contributed by atoms with Gasteiger partial charge in [-0.15, -0.1) is 0 Å². The van der Waals surface area contributed by atoms with Crippen LogP contribution >= 0.6 is 0 Å². The molecule has 4 nitrogen and oxygen atoms in total. The topological polar surface area (TPSA) is 49.4 Å². The van der Waals surface area contributed by atoms with Crippen LogP contribution in [0.2, 0.25) is 0 Å². The van der Waals surface area contributed by atoms with E-state index in [1.165, 1.54) is 18.4 Å². The summed E-state index contributed by atoms with van der Waals surface area (Å²) in [5.74, 6) is -0.000658. The molecule has 23 heavy (non-hydrogen) atoms. The van der Waals surface area contributed by atoms with Gasteiger partial charge in [-0.25, -0.2) is 0 Å². The minimum absolute atomic E-state index is 0.0663. The molecule has 1 saturated heterocycles. The lowest BCUT2D eigenvalue weighted by Crippen LogP contribution is -2.46. The largest absolute Gasteiger partial charge is 0.355 e. The number of amides is 2. The minimum Gasteiger partial charge on any atom is -0.355 e. The summed E-state index contributed by atoms with van der Waals surface area (Å²) in [4.78, 5) is 27.2. The molecule has 1 aromatic rings. The number of benzene rings is 1. The third-order valence-corrected chi connectivity index (χ3v) is 5.03. The van der Waals surface area contributed by atoms with E-state index in [-0.39, 0.29) is 11.8 Å². The molecule has 2 fully saturated rings. The molecule has 3 rings (SSSR count). The van der Waals surface area contributed by atoms with Crippen LogP contribution in [0.15, 0.2) is 30.3 Å². The Hall–Kier alpha value is -1.84. The summed E-state index contributed by atoms with van der Waals surface area (Å²) < 4.78 is 0. The Labute approximate surface area is 138 Å². The molecule has 1 N–H and O–H groups in total. The molecule has 2 amide bonds. The van der Waals surface area contributed by atoms with Crippen LogP contribution in [-0.4, -0.2) is 36.3 Å². The van der Waals surface area contributed by atoms with Crippen molar-refractivity contribution in [3.05, 3.63) is 35.9 Å². The van der Waals surface area contributed by atoms with Gasteiger partial charge in [0, 0.05) is 19.6 Å². The van der Waals surface area contributed by atoms with Gasteiger partial charge in [0.15, 0.2) is 0 Å². The average molecular weight is 314 g/mol. The summed E-state index contributed by atoms with van der Waals surface area (Å²) in [5.41, 5.74) is 0.456. The van der Waals surface area contributed by atoms with Crippen molar-refractivity contribution in [1.29, 1.82) is 0 Å². The van der Waals surface area contributed by atoms with Crippen LogP contribution in [0.3, 0.4) is 0 Å². The van der Waals surface area contributed by atoms with Crippen molar-refractivity contribution < 1.29 is 9.59 Å². The molecule has 0 unspecified atom stereocenters. The highest BCUT2D eigenvalue weighted by Crippen LogP contribution is 2.47. The summed E-state index contributed by atoms with van der Waals surface area (Å²) in [5, 5.41) is 2.98. The van der Waals surface area contributed by atoms with E-state index >= 15 is 0 Å².